The second-order valence-corrected chi connectivity index (χ2v) is 3.87. The molecule has 0 N–H and O–H groups in total. The molecule has 3 heteroatoms. The number of ether oxygens (including phenoxy) is 2. The molecule has 0 aromatic rings. The minimum Gasteiger partial charge on any atom is -0.379 e. The van der Waals surface area contributed by atoms with Gasteiger partial charge in [-0.3, -0.25) is 4.90 Å². The summed E-state index contributed by atoms with van der Waals surface area (Å²) in [6.07, 6.45) is 5.60. The van der Waals surface area contributed by atoms with Crippen LogP contribution in [0.25, 0.3) is 0 Å². The van der Waals surface area contributed by atoms with Crippen LogP contribution in [0.4, 0.5) is 0 Å². The molecule has 15 heavy (non-hydrogen) atoms. The average Bonchev–Trinajstić information content (AvgIpc) is 2.28. The molecule has 1 rings (SSSR count). The summed E-state index contributed by atoms with van der Waals surface area (Å²) in [6.45, 7) is 9.88. The first-order valence-electron chi connectivity index (χ1n) is 5.91. The second kappa shape index (κ2) is 7.85. The smallest absolute Gasteiger partial charge is 0.0728 e. The molecule has 0 saturated carbocycles. The van der Waals surface area contributed by atoms with E-state index in [9.17, 15) is 0 Å². The summed E-state index contributed by atoms with van der Waals surface area (Å²) >= 11 is 0. The Hall–Kier alpha value is -0.380. The number of allylic oxidation sites excluding steroid dienone is 1. The van der Waals surface area contributed by atoms with Crippen molar-refractivity contribution >= 4 is 0 Å². The summed E-state index contributed by atoms with van der Waals surface area (Å²) in [7, 11) is 0. The summed E-state index contributed by atoms with van der Waals surface area (Å²) in [4.78, 5) is 2.39. The lowest BCUT2D eigenvalue weighted by Gasteiger charge is -2.26. The van der Waals surface area contributed by atoms with E-state index in [0.29, 0.717) is 0 Å². The van der Waals surface area contributed by atoms with Crippen LogP contribution in [0.2, 0.25) is 0 Å². The van der Waals surface area contributed by atoms with Crippen molar-refractivity contribution in [3.63, 3.8) is 0 Å². The van der Waals surface area contributed by atoms with E-state index in [1.807, 2.05) is 0 Å². The molecule has 1 heterocycles. The first-order chi connectivity index (χ1) is 7.33. The van der Waals surface area contributed by atoms with E-state index in [2.05, 4.69) is 30.9 Å². The summed E-state index contributed by atoms with van der Waals surface area (Å²) in [5, 5.41) is 0. The molecule has 0 bridgehead atoms. The molecule has 0 aromatic heterocycles. The normalized spacial score (nSPS) is 20.9. The van der Waals surface area contributed by atoms with Crippen molar-refractivity contribution in [2.24, 2.45) is 0 Å². The molecule has 1 aliphatic heterocycles. The van der Waals surface area contributed by atoms with Gasteiger partial charge in [-0.2, -0.15) is 0 Å². The number of rotatable bonds is 6. The lowest BCUT2D eigenvalue weighted by Crippen LogP contribution is -2.38. The van der Waals surface area contributed by atoms with E-state index in [-0.39, 0.29) is 6.10 Å². The van der Waals surface area contributed by atoms with Crippen LogP contribution in [0.5, 0.6) is 0 Å². The zero-order chi connectivity index (χ0) is 10.9. The highest BCUT2D eigenvalue weighted by molar-refractivity contribution is 4.86. The van der Waals surface area contributed by atoms with Crippen molar-refractivity contribution in [2.75, 3.05) is 39.5 Å². The van der Waals surface area contributed by atoms with Crippen LogP contribution in [-0.2, 0) is 9.47 Å². The van der Waals surface area contributed by atoms with E-state index in [1.165, 1.54) is 0 Å². The minimum atomic E-state index is 0.242. The van der Waals surface area contributed by atoms with Crippen molar-refractivity contribution in [2.45, 2.75) is 26.4 Å². The molecule has 1 aliphatic rings. The lowest BCUT2D eigenvalue weighted by molar-refractivity contribution is 0.0140. The Bertz CT molecular complexity index is 176. The molecule has 1 fully saturated rings. The Morgan fingerprint density at radius 2 is 2.13 bits per heavy atom. The van der Waals surface area contributed by atoms with Crippen LogP contribution < -0.4 is 0 Å². The van der Waals surface area contributed by atoms with Crippen molar-refractivity contribution < 1.29 is 9.47 Å². The highest BCUT2D eigenvalue weighted by Gasteiger charge is 2.09. The fourth-order valence-electron chi connectivity index (χ4n) is 1.58. The largest absolute Gasteiger partial charge is 0.379 e. The van der Waals surface area contributed by atoms with E-state index < -0.39 is 0 Å². The SMILES string of the molecule is CC/C=C\C(C)OCCN1CCOCC1. The standard InChI is InChI=1S/C12H23NO2/c1-3-4-5-12(2)15-11-8-13-6-9-14-10-7-13/h4-5,12H,3,6-11H2,1-2H3/b5-4-. The third kappa shape index (κ3) is 5.92. The molecule has 0 spiro atoms. The lowest BCUT2D eigenvalue weighted by atomic mass is 10.3. The maximum Gasteiger partial charge on any atom is 0.0728 e. The average molecular weight is 213 g/mol. The number of nitrogens with zero attached hydrogens (tertiary/aromatic N) is 1. The van der Waals surface area contributed by atoms with Gasteiger partial charge in [-0.15, -0.1) is 0 Å². The molecule has 0 aliphatic carbocycles. The topological polar surface area (TPSA) is 21.7 Å². The van der Waals surface area contributed by atoms with Crippen LogP contribution >= 0.6 is 0 Å². The predicted molar refractivity (Wildman–Crippen MR) is 62.1 cm³/mol. The molecule has 0 amide bonds. The zero-order valence-electron chi connectivity index (χ0n) is 9.95. The van der Waals surface area contributed by atoms with Gasteiger partial charge >= 0.3 is 0 Å². The van der Waals surface area contributed by atoms with E-state index >= 15 is 0 Å². The predicted octanol–water partition coefficient (Wildman–Crippen LogP) is 1.69. The molecular weight excluding hydrogens is 190 g/mol. The fourth-order valence-corrected chi connectivity index (χ4v) is 1.58. The quantitative estimate of drug-likeness (QED) is 0.627. The zero-order valence-corrected chi connectivity index (χ0v) is 9.95. The highest BCUT2D eigenvalue weighted by atomic mass is 16.5. The first-order valence-corrected chi connectivity index (χ1v) is 5.91. The van der Waals surface area contributed by atoms with Gasteiger partial charge in [0.25, 0.3) is 0 Å². The number of morpholine rings is 1. The summed E-state index contributed by atoms with van der Waals surface area (Å²) in [6, 6.07) is 0. The third-order valence-corrected chi connectivity index (χ3v) is 2.53. The Kier molecular flexibility index (Phi) is 6.64. The summed E-state index contributed by atoms with van der Waals surface area (Å²) < 4.78 is 11.0. The van der Waals surface area contributed by atoms with Gasteiger partial charge in [0, 0.05) is 19.6 Å². The monoisotopic (exact) mass is 213 g/mol. The van der Waals surface area contributed by atoms with Crippen molar-refractivity contribution in [3.8, 4) is 0 Å². The van der Waals surface area contributed by atoms with Crippen LogP contribution in [0.1, 0.15) is 20.3 Å². The molecule has 88 valence electrons. The molecule has 1 atom stereocenters. The van der Waals surface area contributed by atoms with Crippen LogP contribution in [0, 0.1) is 0 Å². The molecular formula is C12H23NO2. The number of hydrogen-bond donors (Lipinski definition) is 0. The first kappa shape index (κ1) is 12.7. The minimum absolute atomic E-state index is 0.242. The van der Waals surface area contributed by atoms with Gasteiger partial charge < -0.3 is 9.47 Å². The second-order valence-electron chi connectivity index (χ2n) is 3.87. The molecule has 0 aromatic carbocycles. The van der Waals surface area contributed by atoms with Crippen molar-refractivity contribution in [1.82, 2.24) is 4.90 Å². The van der Waals surface area contributed by atoms with E-state index in [0.717, 1.165) is 45.9 Å². The van der Waals surface area contributed by atoms with Gasteiger partial charge in [-0.25, -0.2) is 0 Å². The Morgan fingerprint density at radius 3 is 2.80 bits per heavy atom. The Balaban J connectivity index is 2.01. The van der Waals surface area contributed by atoms with Gasteiger partial charge in [0.15, 0.2) is 0 Å². The molecule has 1 saturated heterocycles. The number of hydrogen-bond acceptors (Lipinski definition) is 3. The molecule has 3 nitrogen and oxygen atoms in total. The van der Waals surface area contributed by atoms with Crippen molar-refractivity contribution in [3.05, 3.63) is 12.2 Å². The maximum atomic E-state index is 5.68. The van der Waals surface area contributed by atoms with Gasteiger partial charge in [-0.1, -0.05) is 19.1 Å². The van der Waals surface area contributed by atoms with Crippen LogP contribution in [0.3, 0.4) is 0 Å². The van der Waals surface area contributed by atoms with E-state index in [1.54, 1.807) is 0 Å². The fraction of sp³-hybridized carbons (Fsp3) is 0.833. The van der Waals surface area contributed by atoms with Crippen LogP contribution in [0.15, 0.2) is 12.2 Å². The maximum absolute atomic E-state index is 5.68. The Labute approximate surface area is 93.0 Å². The van der Waals surface area contributed by atoms with Gasteiger partial charge in [-0.05, 0) is 13.3 Å². The summed E-state index contributed by atoms with van der Waals surface area (Å²) in [5.74, 6) is 0. The molecule has 1 unspecified atom stereocenters. The Morgan fingerprint density at radius 1 is 1.40 bits per heavy atom. The third-order valence-electron chi connectivity index (χ3n) is 2.53. The van der Waals surface area contributed by atoms with Crippen LogP contribution in [-0.4, -0.2) is 50.5 Å². The van der Waals surface area contributed by atoms with E-state index in [4.69, 9.17) is 9.47 Å². The highest BCUT2D eigenvalue weighted by Crippen LogP contribution is 1.98. The van der Waals surface area contributed by atoms with Gasteiger partial charge in [0.05, 0.1) is 25.9 Å². The summed E-state index contributed by atoms with van der Waals surface area (Å²) in [5.41, 5.74) is 0. The van der Waals surface area contributed by atoms with Crippen molar-refractivity contribution in [1.29, 1.82) is 0 Å². The molecule has 0 radical (unpaired) electrons. The van der Waals surface area contributed by atoms with Gasteiger partial charge in [0.1, 0.15) is 0 Å². The van der Waals surface area contributed by atoms with Gasteiger partial charge in [0.2, 0.25) is 0 Å².